The van der Waals surface area contributed by atoms with Gasteiger partial charge in [-0.05, 0) is 78.4 Å². The number of esters is 2. The highest BCUT2D eigenvalue weighted by atomic mass is 35.5. The molecular formula is C63H62ClF3N12O10S2. The van der Waals surface area contributed by atoms with Gasteiger partial charge in [0, 0.05) is 130 Å². The third-order valence-corrected chi connectivity index (χ3v) is 18.6. The van der Waals surface area contributed by atoms with Gasteiger partial charge in [0.1, 0.15) is 17.9 Å². The molecule has 0 aliphatic carbocycles. The molecule has 4 aromatic carbocycles. The molecular weight excluding hydrogens is 1240 g/mol. The standard InChI is InChI=1S/C32H32F2N6O5S.C31H30ClFN6O5S/c1-18-22(8-9-23(33)27(18)34)28-26(31(43)45-2)24(36-29(37-28)30-35-11-14-46-30)17-38-12-13-39-21(15-38)16-40(32(39)44)20-6-3-19(4-7-20)5-10-25(41)42;1-44-30(42)25-23(35-28(29-34-11-14-45-29)36-27(25)21-3-2-4-22(33)26(21)32)17-37-12-13-38-20(15-37)16-39(31(38)43)19-8-5-18(6-9-19)7-10-24(40)41/h3-4,6-9,11,14,21,28H,5,10,12-13,15-17H2,1-2H3,(H,36,37)(H,41,42);2-6,8-9,11,14,20,27H,7,10,12-13,15-17H2,1H3,(H,35,36)(H,40,41)/t21-,28-;20-,27-/m00/s1. The Hall–Kier alpha value is -9.02. The number of carboxylic acids is 2. The first-order valence-electron chi connectivity index (χ1n) is 29.1. The van der Waals surface area contributed by atoms with Crippen LogP contribution in [0.15, 0.2) is 135 Å². The molecule has 0 saturated carbocycles. The van der Waals surface area contributed by atoms with Crippen LogP contribution < -0.4 is 20.4 Å². The first-order valence-corrected chi connectivity index (χ1v) is 31.2. The number of thiazole rings is 2. The van der Waals surface area contributed by atoms with Crippen LogP contribution in [0.1, 0.15) is 62.8 Å². The first-order chi connectivity index (χ1) is 43.9. The molecule has 4 atom stereocenters. The van der Waals surface area contributed by atoms with Gasteiger partial charge in [0.05, 0.1) is 42.5 Å². The number of halogens is 4. The third kappa shape index (κ3) is 13.7. The van der Waals surface area contributed by atoms with Crippen LogP contribution >= 0.6 is 34.3 Å². The zero-order valence-corrected chi connectivity index (χ0v) is 51.9. The number of hydrogen-bond donors (Lipinski definition) is 4. The maximum Gasteiger partial charge on any atom is 0.338 e. The minimum Gasteiger partial charge on any atom is -0.481 e. The smallest absolute Gasteiger partial charge is 0.338 e. The molecule has 6 aromatic rings. The maximum absolute atomic E-state index is 14.7. The summed E-state index contributed by atoms with van der Waals surface area (Å²) >= 11 is 9.12. The predicted molar refractivity (Wildman–Crippen MR) is 334 cm³/mol. The van der Waals surface area contributed by atoms with E-state index in [0.29, 0.717) is 116 Å². The number of urea groups is 2. The number of amides is 4. The quantitative estimate of drug-likeness (QED) is 0.0595. The number of aliphatic imine (C=N–C) groups is 2. The molecule has 28 heteroatoms. The van der Waals surface area contributed by atoms with Crippen LogP contribution in [-0.2, 0) is 41.5 Å². The predicted octanol–water partition coefficient (Wildman–Crippen LogP) is 7.99. The van der Waals surface area contributed by atoms with Crippen molar-refractivity contribution in [2.75, 3.05) is 89.5 Å². The summed E-state index contributed by atoms with van der Waals surface area (Å²) in [6, 6.07) is 19.4. The fourth-order valence-corrected chi connectivity index (χ4v) is 13.5. The van der Waals surface area contributed by atoms with Crippen LogP contribution in [0, 0.1) is 24.4 Å². The van der Waals surface area contributed by atoms with E-state index in [4.69, 9.17) is 41.3 Å². The Labute approximate surface area is 533 Å². The summed E-state index contributed by atoms with van der Waals surface area (Å²) in [6.45, 7) is 6.11. The van der Waals surface area contributed by atoms with Crippen molar-refractivity contribution in [3.63, 3.8) is 0 Å². The molecule has 4 N–H and O–H groups in total. The van der Waals surface area contributed by atoms with Crippen molar-refractivity contribution in [3.8, 4) is 0 Å². The minimum absolute atomic E-state index is 0.0367. The topological polar surface area (TPSA) is 255 Å². The SMILES string of the molecule is COC(=O)C1=C(CN2CCN3C(=O)N(c4ccc(CCC(=O)O)cc4)C[C@@H]3C2)NC(c2nccs2)=N[C@H]1c1ccc(F)c(F)c1C.COC(=O)C1=C(CN2CCN3C(=O)N(c4ccc(CCC(=O)O)cc4)C[C@@H]3C2)NC(c2nccs2)=N[C@H]1c1cccc(F)c1Cl. The molecule has 4 fully saturated rings. The number of aromatic nitrogens is 2. The Morgan fingerprint density at radius 3 is 1.51 bits per heavy atom. The van der Waals surface area contributed by atoms with Crippen LogP contribution in [0.2, 0.25) is 5.02 Å². The number of amidine groups is 2. The van der Waals surface area contributed by atoms with Gasteiger partial charge in [-0.1, -0.05) is 54.1 Å². The Balaban J connectivity index is 0.000000187. The monoisotopic (exact) mass is 1300 g/mol. The van der Waals surface area contributed by atoms with Gasteiger partial charge >= 0.3 is 35.9 Å². The summed E-state index contributed by atoms with van der Waals surface area (Å²) in [4.78, 5) is 105. The van der Waals surface area contributed by atoms with Crippen molar-refractivity contribution < 1.29 is 61.6 Å². The lowest BCUT2D eigenvalue weighted by atomic mass is 9.92. The van der Waals surface area contributed by atoms with Crippen LogP contribution in [0.5, 0.6) is 0 Å². The number of aryl methyl sites for hydroxylation is 2. The Morgan fingerprint density at radius 1 is 0.615 bits per heavy atom. The van der Waals surface area contributed by atoms with Crippen LogP contribution in [0.3, 0.4) is 0 Å². The van der Waals surface area contributed by atoms with Crippen molar-refractivity contribution in [2.24, 2.45) is 9.98 Å². The van der Waals surface area contributed by atoms with Gasteiger partial charge in [-0.15, -0.1) is 22.7 Å². The zero-order valence-electron chi connectivity index (χ0n) is 49.5. The van der Waals surface area contributed by atoms with Crippen molar-refractivity contribution in [1.29, 1.82) is 0 Å². The average molecular weight is 1300 g/mol. The molecule has 4 amide bonds. The number of carbonyl (C=O) groups is 6. The van der Waals surface area contributed by atoms with Gasteiger partial charge in [-0.3, -0.25) is 39.2 Å². The molecule has 0 radical (unpaired) electrons. The molecule has 8 heterocycles. The van der Waals surface area contributed by atoms with Crippen LogP contribution in [0.25, 0.3) is 0 Å². The van der Waals surface area contributed by atoms with Crippen LogP contribution in [0.4, 0.5) is 34.1 Å². The molecule has 0 bridgehead atoms. The number of aliphatic carboxylic acids is 2. The number of carboxylic acid groups (broad SMARTS) is 2. The largest absolute Gasteiger partial charge is 0.481 e. The lowest BCUT2D eigenvalue weighted by molar-refractivity contribution is -0.138. The van der Waals surface area contributed by atoms with Gasteiger partial charge in [0.25, 0.3) is 0 Å². The van der Waals surface area contributed by atoms with E-state index < -0.39 is 53.4 Å². The molecule has 0 unspecified atom stereocenters. The normalized spacial score (nSPS) is 20.1. The van der Waals surface area contributed by atoms with E-state index in [-0.39, 0.29) is 65.3 Å². The van der Waals surface area contributed by atoms with E-state index in [1.54, 1.807) is 33.6 Å². The van der Waals surface area contributed by atoms with Gasteiger partial charge in [0.2, 0.25) is 0 Å². The molecule has 91 heavy (non-hydrogen) atoms. The summed E-state index contributed by atoms with van der Waals surface area (Å²) in [5.74, 6) is -4.75. The van der Waals surface area contributed by atoms with E-state index in [1.807, 2.05) is 63.7 Å². The van der Waals surface area contributed by atoms with Crippen LogP contribution in [-0.4, -0.2) is 179 Å². The zero-order chi connectivity index (χ0) is 64.2. The number of nitrogens with one attached hydrogen (secondary N) is 2. The summed E-state index contributed by atoms with van der Waals surface area (Å²) < 4.78 is 53.7. The fraction of sp³-hybridized carbons (Fsp3) is 0.333. The Bertz CT molecular complexity index is 3910. The van der Waals surface area contributed by atoms with E-state index in [0.717, 1.165) is 28.6 Å². The van der Waals surface area contributed by atoms with Crippen molar-refractivity contribution in [1.82, 2.24) is 40.2 Å². The third-order valence-electron chi connectivity index (χ3n) is 16.7. The number of piperazine rings is 2. The first kappa shape index (κ1) is 63.5. The van der Waals surface area contributed by atoms with Crippen molar-refractivity contribution in [2.45, 2.75) is 56.8 Å². The Kier molecular flexibility index (Phi) is 19.3. The second kappa shape index (κ2) is 27.6. The highest BCUT2D eigenvalue weighted by Crippen LogP contribution is 2.40. The molecule has 2 aromatic heterocycles. The lowest BCUT2D eigenvalue weighted by Gasteiger charge is -2.38. The summed E-state index contributed by atoms with van der Waals surface area (Å²) in [5, 5.41) is 29.2. The number of carbonyl (C=O) groups excluding carboxylic acids is 4. The molecule has 6 aliphatic rings. The highest BCUT2D eigenvalue weighted by Gasteiger charge is 2.45. The van der Waals surface area contributed by atoms with Gasteiger partial charge < -0.3 is 40.1 Å². The Morgan fingerprint density at radius 2 is 1.08 bits per heavy atom. The highest BCUT2D eigenvalue weighted by molar-refractivity contribution is 7.12. The van der Waals surface area contributed by atoms with E-state index in [2.05, 4.69) is 30.4 Å². The van der Waals surface area contributed by atoms with Crippen molar-refractivity contribution in [3.05, 3.63) is 185 Å². The molecule has 22 nitrogen and oxygen atoms in total. The number of benzene rings is 4. The second-order valence-electron chi connectivity index (χ2n) is 22.2. The summed E-state index contributed by atoms with van der Waals surface area (Å²) in [6.07, 6.45) is 4.20. The number of nitrogens with zero attached hydrogens (tertiary/aromatic N) is 10. The number of ether oxygens (including phenoxy) is 2. The second-order valence-corrected chi connectivity index (χ2v) is 24.4. The number of rotatable bonds is 18. The van der Waals surface area contributed by atoms with Gasteiger partial charge in [-0.25, -0.2) is 42.3 Å². The summed E-state index contributed by atoms with van der Waals surface area (Å²) in [5.41, 5.74) is 5.44. The number of hydrogen-bond acceptors (Lipinski definition) is 18. The summed E-state index contributed by atoms with van der Waals surface area (Å²) in [7, 11) is 2.55. The molecule has 474 valence electrons. The molecule has 4 saturated heterocycles. The minimum atomic E-state index is -1.01. The number of fused-ring (bicyclic) bond motifs is 2. The average Bonchev–Trinajstić information content (AvgIpc) is 1.83. The maximum atomic E-state index is 14.7. The lowest BCUT2D eigenvalue weighted by Crippen LogP contribution is -2.53. The number of anilines is 2. The molecule has 0 spiro atoms. The molecule has 12 rings (SSSR count). The van der Waals surface area contributed by atoms with E-state index in [9.17, 15) is 41.9 Å². The van der Waals surface area contributed by atoms with E-state index >= 15 is 0 Å². The van der Waals surface area contributed by atoms with E-state index in [1.165, 1.54) is 62.0 Å². The number of methoxy groups -OCH3 is 2. The van der Waals surface area contributed by atoms with Crippen molar-refractivity contribution >= 4 is 93.3 Å². The fourth-order valence-electron chi connectivity index (χ4n) is 12.1. The molecule has 6 aliphatic heterocycles. The van der Waals surface area contributed by atoms with Gasteiger partial charge in [0.15, 0.2) is 33.3 Å². The van der Waals surface area contributed by atoms with Gasteiger partial charge in [-0.2, -0.15) is 0 Å².